The van der Waals surface area contributed by atoms with E-state index in [1.807, 2.05) is 0 Å². The highest BCUT2D eigenvalue weighted by atomic mass is 127. The highest BCUT2D eigenvalue weighted by Gasteiger charge is 2.05. The Balaban J connectivity index is 2.02. The molecule has 0 amide bonds. The summed E-state index contributed by atoms with van der Waals surface area (Å²) in [6, 6.07) is 15.1. The van der Waals surface area contributed by atoms with E-state index in [2.05, 4.69) is 52.2 Å². The van der Waals surface area contributed by atoms with Gasteiger partial charge in [0.1, 0.15) is 0 Å². The van der Waals surface area contributed by atoms with Gasteiger partial charge in [-0.25, -0.2) is 8.42 Å². The maximum absolute atomic E-state index is 11.3. The van der Waals surface area contributed by atoms with Crippen molar-refractivity contribution < 1.29 is 8.42 Å². The number of hydrogen-bond acceptors (Lipinski definition) is 3. The molecule has 0 bridgehead atoms. The van der Waals surface area contributed by atoms with E-state index < -0.39 is 9.84 Å². The highest BCUT2D eigenvalue weighted by molar-refractivity contribution is 14.1. The molecule has 2 aromatic rings. The molecule has 0 aliphatic rings. The number of benzene rings is 2. The standard InChI is InChI=1S/C14H14INO2S/c1-19(17,18)14-8-6-13(7-9-14)16-10-11-2-4-12(15)5-3-11/h2-9,16H,10H2,1H3. The summed E-state index contributed by atoms with van der Waals surface area (Å²) in [7, 11) is -3.12. The third kappa shape index (κ3) is 4.21. The second-order valence-corrected chi connectivity index (χ2v) is 7.54. The fourth-order valence-electron chi connectivity index (χ4n) is 1.63. The molecule has 0 saturated carbocycles. The Labute approximate surface area is 127 Å². The van der Waals surface area contributed by atoms with E-state index in [1.165, 1.54) is 15.4 Å². The number of hydrogen-bond donors (Lipinski definition) is 1. The minimum Gasteiger partial charge on any atom is -0.381 e. The van der Waals surface area contributed by atoms with Crippen LogP contribution in [-0.4, -0.2) is 14.7 Å². The van der Waals surface area contributed by atoms with E-state index >= 15 is 0 Å². The molecule has 0 unspecified atom stereocenters. The van der Waals surface area contributed by atoms with Gasteiger partial charge in [-0.1, -0.05) is 12.1 Å². The Morgan fingerprint density at radius 2 is 1.58 bits per heavy atom. The van der Waals surface area contributed by atoms with Crippen molar-refractivity contribution in [3.05, 3.63) is 57.7 Å². The van der Waals surface area contributed by atoms with Gasteiger partial charge in [-0.3, -0.25) is 0 Å². The normalized spacial score (nSPS) is 11.3. The molecule has 0 radical (unpaired) electrons. The van der Waals surface area contributed by atoms with Crippen molar-refractivity contribution >= 4 is 38.1 Å². The quantitative estimate of drug-likeness (QED) is 0.819. The number of rotatable bonds is 4. The van der Waals surface area contributed by atoms with Gasteiger partial charge in [-0.2, -0.15) is 0 Å². The fourth-order valence-corrected chi connectivity index (χ4v) is 2.62. The molecule has 2 aromatic carbocycles. The third-order valence-electron chi connectivity index (χ3n) is 2.69. The molecular formula is C14H14INO2S. The molecule has 2 rings (SSSR count). The van der Waals surface area contributed by atoms with Crippen molar-refractivity contribution in [2.45, 2.75) is 11.4 Å². The van der Waals surface area contributed by atoms with Crippen LogP contribution in [0.1, 0.15) is 5.56 Å². The van der Waals surface area contributed by atoms with E-state index in [0.29, 0.717) is 4.90 Å². The maximum atomic E-state index is 11.3. The first-order valence-electron chi connectivity index (χ1n) is 5.73. The van der Waals surface area contributed by atoms with Gasteiger partial charge in [0.15, 0.2) is 9.84 Å². The summed E-state index contributed by atoms with van der Waals surface area (Å²) in [6.45, 7) is 0.717. The Kier molecular flexibility index (Phi) is 4.46. The van der Waals surface area contributed by atoms with Crippen molar-refractivity contribution in [3.63, 3.8) is 0 Å². The predicted octanol–water partition coefficient (Wildman–Crippen LogP) is 3.31. The zero-order chi connectivity index (χ0) is 13.9. The lowest BCUT2D eigenvalue weighted by Crippen LogP contribution is -2.01. The molecule has 3 nitrogen and oxygen atoms in total. The van der Waals surface area contributed by atoms with Gasteiger partial charge in [-0.05, 0) is 64.6 Å². The van der Waals surface area contributed by atoms with Crippen LogP contribution in [0.3, 0.4) is 0 Å². The lowest BCUT2D eigenvalue weighted by molar-refractivity contribution is 0.602. The summed E-state index contributed by atoms with van der Waals surface area (Å²) in [5.74, 6) is 0. The van der Waals surface area contributed by atoms with E-state index in [0.717, 1.165) is 12.2 Å². The maximum Gasteiger partial charge on any atom is 0.175 e. The minimum atomic E-state index is -3.12. The van der Waals surface area contributed by atoms with Crippen LogP contribution in [0.2, 0.25) is 0 Å². The molecule has 0 heterocycles. The molecule has 0 spiro atoms. The smallest absolute Gasteiger partial charge is 0.175 e. The summed E-state index contributed by atoms with van der Waals surface area (Å²) in [6.07, 6.45) is 1.21. The topological polar surface area (TPSA) is 46.2 Å². The van der Waals surface area contributed by atoms with Crippen LogP contribution in [0.15, 0.2) is 53.4 Å². The van der Waals surface area contributed by atoms with Crippen molar-refractivity contribution in [1.29, 1.82) is 0 Å². The van der Waals surface area contributed by atoms with Gasteiger partial charge in [0.25, 0.3) is 0 Å². The molecule has 0 atom stereocenters. The Morgan fingerprint density at radius 1 is 1.00 bits per heavy atom. The van der Waals surface area contributed by atoms with E-state index in [-0.39, 0.29) is 0 Å². The molecule has 0 aliphatic carbocycles. The largest absolute Gasteiger partial charge is 0.381 e. The summed E-state index contributed by atoms with van der Waals surface area (Å²) >= 11 is 2.27. The van der Waals surface area contributed by atoms with Gasteiger partial charge >= 0.3 is 0 Å². The number of sulfone groups is 1. The highest BCUT2D eigenvalue weighted by Crippen LogP contribution is 2.15. The number of halogens is 1. The summed E-state index contributed by atoms with van der Waals surface area (Å²) in [5, 5.41) is 3.26. The van der Waals surface area contributed by atoms with Gasteiger partial charge in [0.2, 0.25) is 0 Å². The second kappa shape index (κ2) is 5.92. The van der Waals surface area contributed by atoms with Crippen LogP contribution in [0.25, 0.3) is 0 Å². The molecule has 0 saturated heterocycles. The van der Waals surface area contributed by atoms with E-state index in [1.54, 1.807) is 24.3 Å². The Morgan fingerprint density at radius 3 is 2.11 bits per heavy atom. The SMILES string of the molecule is CS(=O)(=O)c1ccc(NCc2ccc(I)cc2)cc1. The second-order valence-electron chi connectivity index (χ2n) is 4.28. The molecule has 5 heteroatoms. The van der Waals surface area contributed by atoms with Crippen LogP contribution in [-0.2, 0) is 16.4 Å². The van der Waals surface area contributed by atoms with Crippen molar-refractivity contribution in [1.82, 2.24) is 0 Å². The average molecular weight is 387 g/mol. The van der Waals surface area contributed by atoms with Crippen molar-refractivity contribution in [3.8, 4) is 0 Å². The van der Waals surface area contributed by atoms with Crippen LogP contribution >= 0.6 is 22.6 Å². The molecule has 0 aliphatic heterocycles. The van der Waals surface area contributed by atoms with Gasteiger partial charge < -0.3 is 5.32 Å². The van der Waals surface area contributed by atoms with Crippen LogP contribution in [0, 0.1) is 3.57 Å². The molecule has 1 N–H and O–H groups in total. The Bertz CT molecular complexity index is 649. The molecule has 0 fully saturated rings. The zero-order valence-electron chi connectivity index (χ0n) is 10.4. The molecule has 0 aromatic heterocycles. The third-order valence-corrected chi connectivity index (χ3v) is 4.54. The van der Waals surface area contributed by atoms with Gasteiger partial charge in [0, 0.05) is 22.1 Å². The molecule has 100 valence electrons. The fraction of sp³-hybridized carbons (Fsp3) is 0.143. The summed E-state index contributed by atoms with van der Waals surface area (Å²) in [5.41, 5.74) is 2.10. The van der Waals surface area contributed by atoms with Crippen LogP contribution in [0.4, 0.5) is 5.69 Å². The van der Waals surface area contributed by atoms with Gasteiger partial charge in [0.05, 0.1) is 4.90 Å². The average Bonchev–Trinajstić information content (AvgIpc) is 2.37. The van der Waals surface area contributed by atoms with Crippen LogP contribution < -0.4 is 5.32 Å². The summed E-state index contributed by atoms with van der Waals surface area (Å²) in [4.78, 5) is 0.340. The van der Waals surface area contributed by atoms with Crippen molar-refractivity contribution in [2.24, 2.45) is 0 Å². The van der Waals surface area contributed by atoms with Gasteiger partial charge in [-0.15, -0.1) is 0 Å². The zero-order valence-corrected chi connectivity index (χ0v) is 13.4. The van der Waals surface area contributed by atoms with E-state index in [9.17, 15) is 8.42 Å². The lowest BCUT2D eigenvalue weighted by atomic mass is 10.2. The molecular weight excluding hydrogens is 373 g/mol. The predicted molar refractivity (Wildman–Crippen MR) is 86.0 cm³/mol. The number of anilines is 1. The first-order valence-corrected chi connectivity index (χ1v) is 8.70. The van der Waals surface area contributed by atoms with Crippen LogP contribution in [0.5, 0.6) is 0 Å². The monoisotopic (exact) mass is 387 g/mol. The Hall–Kier alpha value is -1.08. The van der Waals surface area contributed by atoms with Crippen molar-refractivity contribution in [2.75, 3.05) is 11.6 Å². The first kappa shape index (κ1) is 14.3. The lowest BCUT2D eigenvalue weighted by Gasteiger charge is -2.07. The number of nitrogens with one attached hydrogen (secondary N) is 1. The minimum absolute atomic E-state index is 0.340. The van der Waals surface area contributed by atoms with E-state index in [4.69, 9.17) is 0 Å². The first-order chi connectivity index (χ1) is 8.95. The molecule has 19 heavy (non-hydrogen) atoms. The summed E-state index contributed by atoms with van der Waals surface area (Å²) < 4.78 is 23.9.